The van der Waals surface area contributed by atoms with Crippen LogP contribution in [0, 0.1) is 0 Å². The van der Waals surface area contributed by atoms with Crippen LogP contribution in [0.1, 0.15) is 5.56 Å². The molecule has 0 amide bonds. The molecule has 16 heavy (non-hydrogen) atoms. The summed E-state index contributed by atoms with van der Waals surface area (Å²) in [4.78, 5) is 0.638. The van der Waals surface area contributed by atoms with Gasteiger partial charge in [0.2, 0.25) is 0 Å². The number of nitrogens with one attached hydrogen (secondary N) is 1. The topological polar surface area (TPSA) is 21.3 Å². The Hall–Kier alpha value is -1.10. The van der Waals surface area contributed by atoms with E-state index in [0.29, 0.717) is 10.0 Å². The number of anilines is 1. The molecule has 1 aromatic heterocycles. The molecule has 0 fully saturated rings. The van der Waals surface area contributed by atoms with Crippen LogP contribution >= 0.6 is 35.2 Å². The number of halogens is 1. The van der Waals surface area contributed by atoms with E-state index in [1.165, 1.54) is 0 Å². The fourth-order valence-electron chi connectivity index (χ4n) is 1.53. The SMILES string of the molecule is S=C1Nc2sccc2Oc2ccc(Cl)cc21. The lowest BCUT2D eigenvalue weighted by atomic mass is 10.2. The molecule has 0 radical (unpaired) electrons. The Morgan fingerprint density at radius 1 is 1.25 bits per heavy atom. The lowest BCUT2D eigenvalue weighted by Gasteiger charge is -2.06. The highest BCUT2D eigenvalue weighted by Gasteiger charge is 2.19. The highest BCUT2D eigenvalue weighted by Crippen LogP contribution is 2.39. The van der Waals surface area contributed by atoms with Crippen molar-refractivity contribution in [1.29, 1.82) is 0 Å². The molecule has 0 unspecified atom stereocenters. The number of hydrogen-bond donors (Lipinski definition) is 1. The molecule has 80 valence electrons. The summed E-state index contributed by atoms with van der Waals surface area (Å²) in [7, 11) is 0. The molecular weight excluding hydrogens is 262 g/mol. The summed E-state index contributed by atoms with van der Waals surface area (Å²) in [5, 5.41) is 6.69. The molecule has 0 atom stereocenters. The largest absolute Gasteiger partial charge is 0.454 e. The maximum Gasteiger partial charge on any atom is 0.162 e. The predicted octanol–water partition coefficient (Wildman–Crippen LogP) is 4.29. The molecule has 1 aromatic carbocycles. The van der Waals surface area contributed by atoms with Gasteiger partial charge in [-0.1, -0.05) is 23.8 Å². The molecule has 2 nitrogen and oxygen atoms in total. The minimum Gasteiger partial charge on any atom is -0.454 e. The Balaban J connectivity index is 2.18. The number of hydrogen-bond acceptors (Lipinski definition) is 3. The number of fused-ring (bicyclic) bond motifs is 2. The number of rotatable bonds is 0. The molecule has 2 aromatic rings. The monoisotopic (exact) mass is 267 g/mol. The predicted molar refractivity (Wildman–Crippen MR) is 71.2 cm³/mol. The summed E-state index contributed by atoms with van der Waals surface area (Å²) in [5.74, 6) is 1.53. The minimum absolute atomic E-state index is 0.638. The van der Waals surface area contributed by atoms with Gasteiger partial charge in [0.1, 0.15) is 15.7 Å². The maximum atomic E-state index is 5.94. The van der Waals surface area contributed by atoms with Crippen LogP contribution < -0.4 is 10.1 Å². The second-order valence-electron chi connectivity index (χ2n) is 3.31. The van der Waals surface area contributed by atoms with E-state index in [1.54, 1.807) is 17.4 Å². The zero-order valence-electron chi connectivity index (χ0n) is 7.99. The second-order valence-corrected chi connectivity index (χ2v) is 5.07. The first-order valence-electron chi connectivity index (χ1n) is 4.60. The highest BCUT2D eigenvalue weighted by molar-refractivity contribution is 7.81. The van der Waals surface area contributed by atoms with E-state index >= 15 is 0 Å². The molecule has 3 rings (SSSR count). The molecular formula is C11H6ClNOS2. The lowest BCUT2D eigenvalue weighted by Crippen LogP contribution is -2.07. The lowest BCUT2D eigenvalue weighted by molar-refractivity contribution is 0.487. The van der Waals surface area contributed by atoms with E-state index in [4.69, 9.17) is 28.6 Å². The molecule has 0 bridgehead atoms. The van der Waals surface area contributed by atoms with Crippen molar-refractivity contribution in [2.75, 3.05) is 5.32 Å². The van der Waals surface area contributed by atoms with Crippen molar-refractivity contribution in [3.05, 3.63) is 40.2 Å². The number of thiophene rings is 1. The van der Waals surface area contributed by atoms with Gasteiger partial charge in [0.15, 0.2) is 5.75 Å². The van der Waals surface area contributed by atoms with Crippen molar-refractivity contribution < 1.29 is 4.74 Å². The number of ether oxygens (including phenoxy) is 1. The van der Waals surface area contributed by atoms with E-state index in [0.717, 1.165) is 22.1 Å². The molecule has 1 N–H and O–H groups in total. The van der Waals surface area contributed by atoms with Crippen LogP contribution in [0.15, 0.2) is 29.6 Å². The van der Waals surface area contributed by atoms with Crippen LogP contribution in [0.5, 0.6) is 11.5 Å². The van der Waals surface area contributed by atoms with Crippen molar-refractivity contribution >= 4 is 45.1 Å². The van der Waals surface area contributed by atoms with Gasteiger partial charge in [0.05, 0.1) is 5.56 Å². The molecule has 0 aliphatic carbocycles. The van der Waals surface area contributed by atoms with Crippen molar-refractivity contribution in [1.82, 2.24) is 0 Å². The van der Waals surface area contributed by atoms with Crippen LogP contribution in [0.4, 0.5) is 5.00 Å². The molecule has 1 aliphatic rings. The molecule has 2 heterocycles. The van der Waals surface area contributed by atoms with Crippen molar-refractivity contribution in [2.45, 2.75) is 0 Å². The second kappa shape index (κ2) is 3.73. The normalized spacial score (nSPS) is 13.2. The van der Waals surface area contributed by atoms with E-state index in [9.17, 15) is 0 Å². The van der Waals surface area contributed by atoms with Crippen molar-refractivity contribution in [3.63, 3.8) is 0 Å². The molecule has 5 heteroatoms. The quantitative estimate of drug-likeness (QED) is 0.720. The Morgan fingerprint density at radius 3 is 3.00 bits per heavy atom. The summed E-state index contributed by atoms with van der Waals surface area (Å²) in [6.45, 7) is 0. The third-order valence-corrected chi connectivity index (χ3v) is 3.63. The Bertz CT molecular complexity index is 579. The first-order valence-corrected chi connectivity index (χ1v) is 6.27. The summed E-state index contributed by atoms with van der Waals surface area (Å²) < 4.78 is 5.77. The molecule has 1 aliphatic heterocycles. The zero-order valence-corrected chi connectivity index (χ0v) is 10.4. The standard InChI is InChI=1S/C11H6ClNOS2/c12-6-1-2-8-7(5-6)10(15)13-11-9(14-8)3-4-16-11/h1-5H,(H,13,15). The van der Waals surface area contributed by atoms with Crippen LogP contribution in [-0.2, 0) is 0 Å². The van der Waals surface area contributed by atoms with Crippen LogP contribution in [-0.4, -0.2) is 4.99 Å². The Labute approximate surface area is 107 Å². The number of thiocarbonyl (C=S) groups is 1. The maximum absolute atomic E-state index is 5.94. The van der Waals surface area contributed by atoms with E-state index in [-0.39, 0.29) is 0 Å². The van der Waals surface area contributed by atoms with Gasteiger partial charge >= 0.3 is 0 Å². The number of benzene rings is 1. The van der Waals surface area contributed by atoms with Gasteiger partial charge in [-0.15, -0.1) is 11.3 Å². The Morgan fingerprint density at radius 2 is 2.12 bits per heavy atom. The van der Waals surface area contributed by atoms with Crippen LogP contribution in [0.2, 0.25) is 5.02 Å². The van der Waals surface area contributed by atoms with Gasteiger partial charge in [-0.05, 0) is 29.6 Å². The summed E-state index contributed by atoms with van der Waals surface area (Å²) >= 11 is 12.8. The molecule has 0 spiro atoms. The van der Waals surface area contributed by atoms with E-state index in [2.05, 4.69) is 5.32 Å². The van der Waals surface area contributed by atoms with Crippen molar-refractivity contribution in [3.8, 4) is 11.5 Å². The molecule has 0 saturated heterocycles. The average molecular weight is 268 g/mol. The molecule has 0 saturated carbocycles. The third-order valence-electron chi connectivity index (χ3n) is 2.26. The Kier molecular flexibility index (Phi) is 2.35. The van der Waals surface area contributed by atoms with Crippen LogP contribution in [0.25, 0.3) is 0 Å². The van der Waals surface area contributed by atoms with Crippen LogP contribution in [0.3, 0.4) is 0 Å². The first-order chi connectivity index (χ1) is 7.74. The summed E-state index contributed by atoms with van der Waals surface area (Å²) in [6.07, 6.45) is 0. The van der Waals surface area contributed by atoms with Gasteiger partial charge in [-0.2, -0.15) is 0 Å². The summed E-state index contributed by atoms with van der Waals surface area (Å²) in [5.41, 5.74) is 0.825. The third kappa shape index (κ3) is 1.59. The fourth-order valence-corrected chi connectivity index (χ4v) is 2.74. The highest BCUT2D eigenvalue weighted by atomic mass is 35.5. The minimum atomic E-state index is 0.638. The zero-order chi connectivity index (χ0) is 11.1. The smallest absolute Gasteiger partial charge is 0.162 e. The van der Waals surface area contributed by atoms with Gasteiger partial charge in [0.25, 0.3) is 0 Å². The van der Waals surface area contributed by atoms with Crippen molar-refractivity contribution in [2.24, 2.45) is 0 Å². The van der Waals surface area contributed by atoms with E-state index in [1.807, 2.05) is 23.6 Å². The fraction of sp³-hybridized carbons (Fsp3) is 0. The van der Waals surface area contributed by atoms with E-state index < -0.39 is 0 Å². The van der Waals surface area contributed by atoms with Gasteiger partial charge in [0, 0.05) is 5.02 Å². The first kappa shape index (κ1) is 10.1. The van der Waals surface area contributed by atoms with Gasteiger partial charge in [-0.3, -0.25) is 0 Å². The van der Waals surface area contributed by atoms with Gasteiger partial charge < -0.3 is 10.1 Å². The van der Waals surface area contributed by atoms with Gasteiger partial charge in [-0.25, -0.2) is 0 Å². The average Bonchev–Trinajstić information content (AvgIpc) is 2.63. The summed E-state index contributed by atoms with van der Waals surface area (Å²) in [6, 6.07) is 7.35.